The summed E-state index contributed by atoms with van der Waals surface area (Å²) in [7, 11) is 0. The van der Waals surface area contributed by atoms with Crippen molar-refractivity contribution in [1.29, 1.82) is 0 Å². The van der Waals surface area contributed by atoms with E-state index >= 15 is 0 Å². The summed E-state index contributed by atoms with van der Waals surface area (Å²) in [4.78, 5) is 2.89. The summed E-state index contributed by atoms with van der Waals surface area (Å²) >= 11 is 0. The van der Waals surface area contributed by atoms with Gasteiger partial charge in [-0.3, -0.25) is 4.90 Å². The van der Waals surface area contributed by atoms with E-state index in [0.29, 0.717) is 11.6 Å². The highest BCUT2D eigenvalue weighted by Crippen LogP contribution is 2.43. The van der Waals surface area contributed by atoms with E-state index in [2.05, 4.69) is 37.9 Å². The summed E-state index contributed by atoms with van der Waals surface area (Å²) in [6.45, 7) is 12.0. The molecule has 1 saturated heterocycles. The molecule has 1 saturated carbocycles. The van der Waals surface area contributed by atoms with Gasteiger partial charge in [-0.25, -0.2) is 0 Å². The maximum Gasteiger partial charge on any atom is 0.0224 e. The number of rotatable bonds is 5. The van der Waals surface area contributed by atoms with Gasteiger partial charge in [-0.15, -0.1) is 0 Å². The Kier molecular flexibility index (Phi) is 4.71. The predicted octanol–water partition coefficient (Wildman–Crippen LogP) is 3.42. The minimum absolute atomic E-state index is 0.564. The normalized spacial score (nSPS) is 34.0. The van der Waals surface area contributed by atoms with Gasteiger partial charge in [-0.05, 0) is 38.0 Å². The number of hydrogen-bond acceptors (Lipinski definition) is 2. The Bertz CT molecular complexity index is 254. The van der Waals surface area contributed by atoms with Gasteiger partial charge >= 0.3 is 0 Å². The van der Waals surface area contributed by atoms with Gasteiger partial charge in [0.25, 0.3) is 0 Å². The zero-order chi connectivity index (χ0) is 13.2. The van der Waals surface area contributed by atoms with Crippen LogP contribution < -0.4 is 5.32 Å². The monoisotopic (exact) mass is 252 g/mol. The molecule has 2 rings (SSSR count). The Hall–Kier alpha value is -0.0800. The fourth-order valence-electron chi connectivity index (χ4n) is 3.86. The third kappa shape index (κ3) is 2.46. The molecule has 0 spiro atoms. The first-order chi connectivity index (χ1) is 8.66. The lowest BCUT2D eigenvalue weighted by atomic mass is 9.71. The third-order valence-corrected chi connectivity index (χ3v) is 5.80. The van der Waals surface area contributed by atoms with Crippen LogP contribution in [0.3, 0.4) is 0 Å². The van der Waals surface area contributed by atoms with Crippen LogP contribution in [0.4, 0.5) is 0 Å². The molecule has 2 heteroatoms. The topological polar surface area (TPSA) is 15.3 Å². The van der Waals surface area contributed by atoms with Gasteiger partial charge in [0.05, 0.1) is 0 Å². The molecule has 18 heavy (non-hydrogen) atoms. The summed E-state index contributed by atoms with van der Waals surface area (Å²) in [5.74, 6) is 0.805. The van der Waals surface area contributed by atoms with E-state index < -0.39 is 0 Å². The van der Waals surface area contributed by atoms with Crippen LogP contribution in [0.25, 0.3) is 0 Å². The third-order valence-electron chi connectivity index (χ3n) is 5.80. The first-order valence-electron chi connectivity index (χ1n) is 8.17. The molecule has 0 amide bonds. The van der Waals surface area contributed by atoms with E-state index in [9.17, 15) is 0 Å². The second-order valence-corrected chi connectivity index (χ2v) is 6.55. The lowest BCUT2D eigenvalue weighted by molar-refractivity contribution is -0.0498. The summed E-state index contributed by atoms with van der Waals surface area (Å²) in [6, 6.07) is 1.48. The maximum atomic E-state index is 3.80. The van der Waals surface area contributed by atoms with E-state index in [-0.39, 0.29) is 0 Å². The molecule has 2 aliphatic rings. The van der Waals surface area contributed by atoms with Crippen molar-refractivity contribution >= 4 is 0 Å². The zero-order valence-electron chi connectivity index (χ0n) is 12.8. The van der Waals surface area contributed by atoms with Gasteiger partial charge in [-0.1, -0.05) is 34.1 Å². The van der Waals surface area contributed by atoms with E-state index in [4.69, 9.17) is 0 Å². The van der Waals surface area contributed by atoms with Crippen LogP contribution in [0, 0.1) is 5.92 Å². The average Bonchev–Trinajstić information content (AvgIpc) is 2.37. The Morgan fingerprint density at radius 2 is 2.00 bits per heavy atom. The summed E-state index contributed by atoms with van der Waals surface area (Å²) in [6.07, 6.45) is 8.25. The number of nitrogens with zero attached hydrogens (tertiary/aromatic N) is 1. The lowest BCUT2D eigenvalue weighted by Crippen LogP contribution is -2.67. The molecule has 0 aromatic heterocycles. The van der Waals surface area contributed by atoms with E-state index in [0.717, 1.165) is 12.0 Å². The van der Waals surface area contributed by atoms with Crippen molar-refractivity contribution in [2.24, 2.45) is 5.92 Å². The molecule has 3 unspecified atom stereocenters. The first-order valence-corrected chi connectivity index (χ1v) is 8.17. The van der Waals surface area contributed by atoms with Gasteiger partial charge in [0, 0.05) is 30.7 Å². The fourth-order valence-corrected chi connectivity index (χ4v) is 3.86. The van der Waals surface area contributed by atoms with Crippen LogP contribution in [-0.4, -0.2) is 35.6 Å². The summed E-state index contributed by atoms with van der Waals surface area (Å²) < 4.78 is 0. The predicted molar refractivity (Wildman–Crippen MR) is 78.9 cm³/mol. The maximum absolute atomic E-state index is 3.80. The largest absolute Gasteiger partial charge is 0.311 e. The highest BCUT2D eigenvalue weighted by atomic mass is 15.3. The van der Waals surface area contributed by atoms with E-state index in [1.54, 1.807) is 0 Å². The minimum Gasteiger partial charge on any atom is -0.311 e. The SMILES string of the molecule is CCC(C)C1CN(C2(CC)CCC2)C(CC)CN1. The highest BCUT2D eigenvalue weighted by Gasteiger charge is 2.45. The standard InChI is InChI=1S/C16H32N2/c1-5-13(4)15-12-18(14(6-2)11-17-15)16(7-3)9-8-10-16/h13-15,17H,5-12H2,1-4H3. The van der Waals surface area contributed by atoms with Crippen LogP contribution >= 0.6 is 0 Å². The number of piperazine rings is 1. The summed E-state index contributed by atoms with van der Waals surface area (Å²) in [5, 5.41) is 3.80. The molecule has 0 bridgehead atoms. The Morgan fingerprint density at radius 1 is 1.28 bits per heavy atom. The average molecular weight is 252 g/mol. The second kappa shape index (κ2) is 5.92. The van der Waals surface area contributed by atoms with Crippen LogP contribution in [-0.2, 0) is 0 Å². The van der Waals surface area contributed by atoms with Crippen molar-refractivity contribution in [2.45, 2.75) is 83.8 Å². The molecular weight excluding hydrogens is 220 g/mol. The highest BCUT2D eigenvalue weighted by molar-refractivity contribution is 5.03. The van der Waals surface area contributed by atoms with Gasteiger partial charge in [0.2, 0.25) is 0 Å². The molecule has 1 N–H and O–H groups in total. The van der Waals surface area contributed by atoms with Gasteiger partial charge in [0.15, 0.2) is 0 Å². The second-order valence-electron chi connectivity index (χ2n) is 6.55. The number of nitrogens with one attached hydrogen (secondary N) is 1. The molecule has 1 aliphatic heterocycles. The molecule has 1 heterocycles. The van der Waals surface area contributed by atoms with Gasteiger partial charge in [0.1, 0.15) is 0 Å². The van der Waals surface area contributed by atoms with Crippen molar-refractivity contribution in [1.82, 2.24) is 10.2 Å². The quantitative estimate of drug-likeness (QED) is 0.806. The van der Waals surface area contributed by atoms with Crippen molar-refractivity contribution in [3.63, 3.8) is 0 Å². The Labute approximate surface area is 114 Å². The van der Waals surface area contributed by atoms with Gasteiger partial charge in [-0.2, -0.15) is 0 Å². The fraction of sp³-hybridized carbons (Fsp3) is 1.00. The van der Waals surface area contributed by atoms with Crippen LogP contribution in [0.5, 0.6) is 0 Å². The van der Waals surface area contributed by atoms with Crippen molar-refractivity contribution in [3.05, 3.63) is 0 Å². The minimum atomic E-state index is 0.564. The molecule has 106 valence electrons. The Morgan fingerprint density at radius 3 is 2.44 bits per heavy atom. The van der Waals surface area contributed by atoms with E-state index in [1.165, 1.54) is 51.6 Å². The molecule has 0 aromatic carbocycles. The van der Waals surface area contributed by atoms with Crippen LogP contribution in [0.2, 0.25) is 0 Å². The molecule has 0 radical (unpaired) electrons. The van der Waals surface area contributed by atoms with Crippen molar-refractivity contribution in [3.8, 4) is 0 Å². The number of hydrogen-bond donors (Lipinski definition) is 1. The first kappa shape index (κ1) is 14.3. The van der Waals surface area contributed by atoms with Crippen LogP contribution in [0.1, 0.15) is 66.2 Å². The Balaban J connectivity index is 2.08. The van der Waals surface area contributed by atoms with Gasteiger partial charge < -0.3 is 5.32 Å². The summed E-state index contributed by atoms with van der Waals surface area (Å²) in [5.41, 5.74) is 0.564. The van der Waals surface area contributed by atoms with E-state index in [1.807, 2.05) is 0 Å². The molecule has 1 aliphatic carbocycles. The molecule has 3 atom stereocenters. The smallest absolute Gasteiger partial charge is 0.0224 e. The molecule has 2 fully saturated rings. The van der Waals surface area contributed by atoms with Crippen LogP contribution in [0.15, 0.2) is 0 Å². The molecule has 2 nitrogen and oxygen atoms in total. The van der Waals surface area contributed by atoms with Crippen molar-refractivity contribution in [2.75, 3.05) is 13.1 Å². The molecular formula is C16H32N2. The molecule has 0 aromatic rings. The zero-order valence-corrected chi connectivity index (χ0v) is 12.8. The lowest BCUT2D eigenvalue weighted by Gasteiger charge is -2.57. The van der Waals surface area contributed by atoms with Crippen molar-refractivity contribution < 1.29 is 0 Å².